The molecule has 106 valence electrons. The summed E-state index contributed by atoms with van der Waals surface area (Å²) in [5.74, 6) is 0.0601. The van der Waals surface area contributed by atoms with E-state index in [1.165, 1.54) is 29.8 Å². The number of aromatic carboxylic acids is 1. The van der Waals surface area contributed by atoms with Gasteiger partial charge in [0, 0.05) is 11.6 Å². The second-order valence-electron chi connectivity index (χ2n) is 4.12. The van der Waals surface area contributed by atoms with E-state index in [0.29, 0.717) is 11.5 Å². The van der Waals surface area contributed by atoms with Crippen LogP contribution in [0.4, 0.5) is 0 Å². The highest BCUT2D eigenvalue weighted by Crippen LogP contribution is 2.24. The van der Waals surface area contributed by atoms with Crippen LogP contribution in [0.2, 0.25) is 0 Å². The molecule has 3 aromatic rings. The third kappa shape index (κ3) is 3.09. The van der Waals surface area contributed by atoms with Gasteiger partial charge in [0.1, 0.15) is 12.4 Å². The van der Waals surface area contributed by atoms with E-state index in [1.807, 2.05) is 11.4 Å². The quantitative estimate of drug-likeness (QED) is 0.779. The van der Waals surface area contributed by atoms with Crippen molar-refractivity contribution in [3.63, 3.8) is 0 Å². The summed E-state index contributed by atoms with van der Waals surface area (Å²) < 4.78 is 10.8. The topological polar surface area (TPSA) is 85.5 Å². The Bertz CT molecular complexity index is 752. The van der Waals surface area contributed by atoms with Crippen molar-refractivity contribution in [2.45, 2.75) is 6.61 Å². The average molecular weight is 302 g/mol. The molecule has 0 atom stereocenters. The molecule has 3 aromatic heterocycles. The van der Waals surface area contributed by atoms with E-state index >= 15 is 0 Å². The van der Waals surface area contributed by atoms with E-state index < -0.39 is 5.97 Å². The normalized spacial score (nSPS) is 10.5. The Labute approximate surface area is 123 Å². The van der Waals surface area contributed by atoms with Gasteiger partial charge in [-0.1, -0.05) is 0 Å². The lowest BCUT2D eigenvalue weighted by Gasteiger charge is -2.04. The first-order chi connectivity index (χ1) is 10.2. The van der Waals surface area contributed by atoms with E-state index in [2.05, 4.69) is 9.97 Å². The molecule has 6 nitrogen and oxygen atoms in total. The molecule has 0 aromatic carbocycles. The fourth-order valence-corrected chi connectivity index (χ4v) is 2.43. The van der Waals surface area contributed by atoms with Crippen LogP contribution >= 0.6 is 11.3 Å². The van der Waals surface area contributed by atoms with Crippen LogP contribution in [0.3, 0.4) is 0 Å². The van der Waals surface area contributed by atoms with Crippen molar-refractivity contribution in [1.29, 1.82) is 0 Å². The van der Waals surface area contributed by atoms with Crippen molar-refractivity contribution in [3.8, 4) is 16.5 Å². The van der Waals surface area contributed by atoms with Gasteiger partial charge < -0.3 is 14.3 Å². The molecular weight excluding hydrogens is 292 g/mol. The van der Waals surface area contributed by atoms with Crippen molar-refractivity contribution in [3.05, 3.63) is 53.5 Å². The van der Waals surface area contributed by atoms with Crippen LogP contribution in [0.25, 0.3) is 10.8 Å². The van der Waals surface area contributed by atoms with Gasteiger partial charge in [-0.2, -0.15) is 0 Å². The number of pyridine rings is 1. The zero-order chi connectivity index (χ0) is 14.7. The highest BCUT2D eigenvalue weighted by atomic mass is 32.1. The number of nitrogens with zero attached hydrogens (tertiary/aromatic N) is 2. The van der Waals surface area contributed by atoms with E-state index in [4.69, 9.17) is 14.3 Å². The lowest BCUT2D eigenvalue weighted by molar-refractivity contribution is 0.0696. The average Bonchev–Trinajstić information content (AvgIpc) is 3.16. The number of carboxylic acid groups (broad SMARTS) is 1. The van der Waals surface area contributed by atoms with Crippen molar-refractivity contribution in [2.24, 2.45) is 0 Å². The SMILES string of the molecule is O=C(O)c1cncc(OCc2csc(-c3ccco3)n2)c1. The number of rotatable bonds is 5. The molecule has 0 saturated heterocycles. The molecule has 0 saturated carbocycles. The Balaban J connectivity index is 1.68. The van der Waals surface area contributed by atoms with Crippen LogP contribution in [0.1, 0.15) is 16.1 Å². The fraction of sp³-hybridized carbons (Fsp3) is 0.0714. The summed E-state index contributed by atoms with van der Waals surface area (Å²) in [4.78, 5) is 19.1. The third-order valence-corrected chi connectivity index (χ3v) is 3.54. The van der Waals surface area contributed by atoms with E-state index in [1.54, 1.807) is 12.3 Å². The number of hydrogen-bond acceptors (Lipinski definition) is 6. The molecule has 0 amide bonds. The van der Waals surface area contributed by atoms with Crippen molar-refractivity contribution in [2.75, 3.05) is 0 Å². The van der Waals surface area contributed by atoms with Gasteiger partial charge in [0.25, 0.3) is 0 Å². The molecule has 0 bridgehead atoms. The Morgan fingerprint density at radius 2 is 2.33 bits per heavy atom. The summed E-state index contributed by atoms with van der Waals surface area (Å²) in [5, 5.41) is 11.5. The zero-order valence-electron chi connectivity index (χ0n) is 10.7. The molecule has 3 heterocycles. The second kappa shape index (κ2) is 5.76. The maximum Gasteiger partial charge on any atom is 0.337 e. The van der Waals surface area contributed by atoms with Gasteiger partial charge in [0.2, 0.25) is 0 Å². The van der Waals surface area contributed by atoms with Crippen LogP contribution in [-0.2, 0) is 6.61 Å². The number of aromatic nitrogens is 2. The lowest BCUT2D eigenvalue weighted by atomic mass is 10.3. The van der Waals surface area contributed by atoms with Crippen LogP contribution in [0, 0.1) is 0 Å². The van der Waals surface area contributed by atoms with Gasteiger partial charge in [0.15, 0.2) is 10.8 Å². The number of furan rings is 1. The first kappa shape index (κ1) is 13.3. The molecule has 7 heteroatoms. The van der Waals surface area contributed by atoms with Gasteiger partial charge in [-0.25, -0.2) is 9.78 Å². The van der Waals surface area contributed by atoms with Crippen LogP contribution in [0.15, 0.2) is 46.7 Å². The van der Waals surface area contributed by atoms with Crippen LogP contribution < -0.4 is 4.74 Å². The van der Waals surface area contributed by atoms with Gasteiger partial charge in [0.05, 0.1) is 23.7 Å². The molecule has 0 unspecified atom stereocenters. The highest BCUT2D eigenvalue weighted by molar-refractivity contribution is 7.13. The monoisotopic (exact) mass is 302 g/mol. The molecule has 0 aliphatic heterocycles. The molecule has 1 N–H and O–H groups in total. The van der Waals surface area contributed by atoms with Crippen LogP contribution in [0.5, 0.6) is 5.75 Å². The summed E-state index contributed by atoms with van der Waals surface area (Å²) in [5.41, 5.74) is 0.828. The predicted molar refractivity (Wildman–Crippen MR) is 75.3 cm³/mol. The second-order valence-corrected chi connectivity index (χ2v) is 4.98. The zero-order valence-corrected chi connectivity index (χ0v) is 11.5. The third-order valence-electron chi connectivity index (χ3n) is 2.63. The molecule has 0 aliphatic carbocycles. The molecular formula is C14H10N2O4S. The highest BCUT2D eigenvalue weighted by Gasteiger charge is 2.09. The largest absolute Gasteiger partial charge is 0.486 e. The summed E-state index contributed by atoms with van der Waals surface area (Å²) in [6.07, 6.45) is 4.33. The van der Waals surface area contributed by atoms with Gasteiger partial charge in [-0.15, -0.1) is 11.3 Å². The molecule has 0 fully saturated rings. The number of carbonyl (C=O) groups is 1. The minimum absolute atomic E-state index is 0.0852. The standard InChI is InChI=1S/C14H10N2O4S/c17-14(18)9-4-11(6-15-5-9)20-7-10-8-21-13(16-10)12-2-1-3-19-12/h1-6,8H,7H2,(H,17,18). The molecule has 3 rings (SSSR count). The summed E-state index contributed by atoms with van der Waals surface area (Å²) in [6, 6.07) is 5.06. The number of thiazole rings is 1. The maximum atomic E-state index is 10.8. The Morgan fingerprint density at radius 3 is 3.10 bits per heavy atom. The number of ether oxygens (including phenoxy) is 1. The minimum Gasteiger partial charge on any atom is -0.486 e. The number of hydrogen-bond donors (Lipinski definition) is 1. The molecule has 0 radical (unpaired) electrons. The Hall–Kier alpha value is -2.67. The summed E-state index contributed by atoms with van der Waals surface area (Å²) in [7, 11) is 0. The number of carboxylic acids is 1. The van der Waals surface area contributed by atoms with Crippen molar-refractivity contribution >= 4 is 17.3 Å². The first-order valence-electron chi connectivity index (χ1n) is 6.02. The van der Waals surface area contributed by atoms with Gasteiger partial charge >= 0.3 is 5.97 Å². The summed E-state index contributed by atoms with van der Waals surface area (Å²) in [6.45, 7) is 0.238. The van der Waals surface area contributed by atoms with Crippen LogP contribution in [-0.4, -0.2) is 21.0 Å². The van der Waals surface area contributed by atoms with E-state index in [-0.39, 0.29) is 12.2 Å². The summed E-state index contributed by atoms with van der Waals surface area (Å²) >= 11 is 1.46. The van der Waals surface area contributed by atoms with Gasteiger partial charge in [-0.3, -0.25) is 4.98 Å². The maximum absolute atomic E-state index is 10.8. The smallest absolute Gasteiger partial charge is 0.337 e. The Kier molecular flexibility index (Phi) is 3.65. The molecule has 0 aliphatic rings. The fourth-order valence-electron chi connectivity index (χ4n) is 1.66. The van der Waals surface area contributed by atoms with E-state index in [9.17, 15) is 4.79 Å². The molecule has 0 spiro atoms. The van der Waals surface area contributed by atoms with Crippen molar-refractivity contribution < 1.29 is 19.1 Å². The van der Waals surface area contributed by atoms with Gasteiger partial charge in [-0.05, 0) is 18.2 Å². The molecule has 21 heavy (non-hydrogen) atoms. The minimum atomic E-state index is -1.04. The predicted octanol–water partition coefficient (Wildman–Crippen LogP) is 3.08. The Morgan fingerprint density at radius 1 is 1.43 bits per heavy atom. The first-order valence-corrected chi connectivity index (χ1v) is 6.90. The van der Waals surface area contributed by atoms with E-state index in [0.717, 1.165) is 10.7 Å². The lowest BCUT2D eigenvalue weighted by Crippen LogP contribution is -2.00. The van der Waals surface area contributed by atoms with Crippen molar-refractivity contribution in [1.82, 2.24) is 9.97 Å².